The highest BCUT2D eigenvalue weighted by Crippen LogP contribution is 2.22. The van der Waals surface area contributed by atoms with Crippen LogP contribution in [0.3, 0.4) is 0 Å². The summed E-state index contributed by atoms with van der Waals surface area (Å²) in [6, 6.07) is 7.11. The van der Waals surface area contributed by atoms with Crippen molar-refractivity contribution in [1.82, 2.24) is 4.90 Å². The van der Waals surface area contributed by atoms with Crippen LogP contribution in [0.4, 0.5) is 0 Å². The van der Waals surface area contributed by atoms with E-state index in [1.54, 1.807) is 18.2 Å². The van der Waals surface area contributed by atoms with Crippen molar-refractivity contribution in [3.05, 3.63) is 28.8 Å². The summed E-state index contributed by atoms with van der Waals surface area (Å²) in [5.41, 5.74) is 0.458. The van der Waals surface area contributed by atoms with Gasteiger partial charge in [0.05, 0.1) is 17.2 Å². The third-order valence-corrected chi connectivity index (χ3v) is 3.48. The second kappa shape index (κ2) is 6.76. The summed E-state index contributed by atoms with van der Waals surface area (Å²) in [4.78, 5) is 2.34. The van der Waals surface area contributed by atoms with Crippen LogP contribution in [-0.2, 0) is 4.74 Å². The van der Waals surface area contributed by atoms with Crippen molar-refractivity contribution in [2.24, 2.45) is 0 Å². The van der Waals surface area contributed by atoms with Crippen LogP contribution < -0.4 is 4.74 Å². The van der Waals surface area contributed by atoms with E-state index < -0.39 is 0 Å². The van der Waals surface area contributed by atoms with Gasteiger partial charge in [-0.15, -0.1) is 0 Å². The monoisotopic (exact) mass is 280 g/mol. The Morgan fingerprint density at radius 1 is 1.58 bits per heavy atom. The van der Waals surface area contributed by atoms with Crippen LogP contribution >= 0.6 is 11.6 Å². The van der Waals surface area contributed by atoms with Crippen molar-refractivity contribution in [1.29, 1.82) is 5.26 Å². The summed E-state index contributed by atoms with van der Waals surface area (Å²) in [5, 5.41) is 9.22. The number of likely N-dealkylation sites (N-methyl/N-ethyl adjacent to an activating group) is 1. The minimum atomic E-state index is 0.0862. The molecule has 1 fully saturated rings. The van der Waals surface area contributed by atoms with Crippen LogP contribution in [0.15, 0.2) is 18.2 Å². The van der Waals surface area contributed by atoms with E-state index in [1.807, 2.05) is 6.07 Å². The molecule has 2 rings (SSSR count). The summed E-state index contributed by atoms with van der Waals surface area (Å²) in [6.45, 7) is 6.29. The van der Waals surface area contributed by atoms with Gasteiger partial charge in [-0.2, -0.15) is 5.26 Å². The van der Waals surface area contributed by atoms with E-state index in [9.17, 15) is 0 Å². The lowest BCUT2D eigenvalue weighted by Gasteiger charge is -2.31. The summed E-state index contributed by atoms with van der Waals surface area (Å²) >= 11 is 5.95. The Bertz CT molecular complexity index is 473. The fourth-order valence-electron chi connectivity index (χ4n) is 2.03. The van der Waals surface area contributed by atoms with Gasteiger partial charge in [0.25, 0.3) is 0 Å². The topological polar surface area (TPSA) is 45.5 Å². The zero-order chi connectivity index (χ0) is 13.7. The molecular weight excluding hydrogens is 264 g/mol. The molecule has 0 amide bonds. The highest BCUT2D eigenvalue weighted by atomic mass is 35.5. The third kappa shape index (κ3) is 3.84. The van der Waals surface area contributed by atoms with E-state index >= 15 is 0 Å². The molecule has 0 aromatic heterocycles. The number of rotatable bonds is 4. The average Bonchev–Trinajstić information content (AvgIpc) is 2.45. The van der Waals surface area contributed by atoms with E-state index in [1.165, 1.54) is 0 Å². The maximum atomic E-state index is 8.80. The number of morpholine rings is 1. The largest absolute Gasteiger partial charge is 0.491 e. The molecule has 1 aromatic rings. The average molecular weight is 281 g/mol. The number of benzene rings is 1. The molecule has 0 saturated carbocycles. The zero-order valence-corrected chi connectivity index (χ0v) is 11.7. The molecule has 1 atom stereocenters. The number of nitrogens with zero attached hydrogens (tertiary/aromatic N) is 2. The molecule has 1 saturated heterocycles. The summed E-state index contributed by atoms with van der Waals surface area (Å²) < 4.78 is 11.3. The first kappa shape index (κ1) is 14.1. The van der Waals surface area contributed by atoms with Gasteiger partial charge in [-0.3, -0.25) is 4.90 Å². The van der Waals surface area contributed by atoms with Crippen LogP contribution in [0.25, 0.3) is 0 Å². The Kier molecular flexibility index (Phi) is 5.03. The highest BCUT2D eigenvalue weighted by Gasteiger charge is 2.19. The lowest BCUT2D eigenvalue weighted by atomic mass is 10.2. The molecule has 0 N–H and O–H groups in total. The van der Waals surface area contributed by atoms with E-state index in [4.69, 9.17) is 26.3 Å². The molecule has 0 aliphatic carbocycles. The second-order valence-electron chi connectivity index (χ2n) is 4.45. The minimum absolute atomic E-state index is 0.0862. The van der Waals surface area contributed by atoms with Gasteiger partial charge in [-0.1, -0.05) is 18.5 Å². The predicted octanol–water partition coefficient (Wildman–Crippen LogP) is 2.31. The van der Waals surface area contributed by atoms with Crippen LogP contribution in [0, 0.1) is 11.3 Å². The molecule has 4 nitrogen and oxygen atoms in total. The normalized spacial score (nSPS) is 19.9. The molecule has 1 aromatic carbocycles. The van der Waals surface area contributed by atoms with Gasteiger partial charge in [-0.25, -0.2) is 0 Å². The van der Waals surface area contributed by atoms with Crippen LogP contribution in [0.5, 0.6) is 5.75 Å². The molecule has 19 heavy (non-hydrogen) atoms. The number of hydrogen-bond donors (Lipinski definition) is 0. The number of halogens is 1. The maximum absolute atomic E-state index is 8.80. The molecule has 1 aliphatic rings. The van der Waals surface area contributed by atoms with E-state index in [0.717, 1.165) is 26.2 Å². The Morgan fingerprint density at radius 2 is 2.42 bits per heavy atom. The van der Waals surface area contributed by atoms with E-state index in [2.05, 4.69) is 11.8 Å². The first-order valence-electron chi connectivity index (χ1n) is 6.39. The fraction of sp³-hybridized carbons (Fsp3) is 0.500. The maximum Gasteiger partial charge on any atom is 0.121 e. The van der Waals surface area contributed by atoms with Gasteiger partial charge >= 0.3 is 0 Å². The molecule has 0 bridgehead atoms. The van der Waals surface area contributed by atoms with E-state index in [-0.39, 0.29) is 6.10 Å². The molecular formula is C14H17ClN2O2. The van der Waals surface area contributed by atoms with Gasteiger partial charge in [0.15, 0.2) is 0 Å². The Balaban J connectivity index is 1.88. The zero-order valence-electron chi connectivity index (χ0n) is 10.9. The van der Waals surface area contributed by atoms with Crippen molar-refractivity contribution in [2.45, 2.75) is 13.0 Å². The predicted molar refractivity (Wildman–Crippen MR) is 73.5 cm³/mol. The quantitative estimate of drug-likeness (QED) is 0.849. The lowest BCUT2D eigenvalue weighted by Crippen LogP contribution is -2.44. The summed E-state index contributed by atoms with van der Waals surface area (Å²) in [6.07, 6.45) is 0.0862. The van der Waals surface area contributed by atoms with Crippen molar-refractivity contribution in [3.8, 4) is 11.8 Å². The fourth-order valence-corrected chi connectivity index (χ4v) is 2.25. The molecule has 0 spiro atoms. The number of nitriles is 1. The smallest absolute Gasteiger partial charge is 0.121 e. The summed E-state index contributed by atoms with van der Waals surface area (Å²) in [5.74, 6) is 0.668. The number of hydrogen-bond acceptors (Lipinski definition) is 4. The first-order valence-corrected chi connectivity index (χ1v) is 6.77. The van der Waals surface area contributed by atoms with Gasteiger partial charge in [0, 0.05) is 19.2 Å². The van der Waals surface area contributed by atoms with Crippen LogP contribution in [-0.4, -0.2) is 43.9 Å². The van der Waals surface area contributed by atoms with Crippen molar-refractivity contribution < 1.29 is 9.47 Å². The first-order chi connectivity index (χ1) is 9.22. The number of ether oxygens (including phenoxy) is 2. The van der Waals surface area contributed by atoms with Crippen LogP contribution in [0.2, 0.25) is 5.02 Å². The second-order valence-corrected chi connectivity index (χ2v) is 4.86. The van der Waals surface area contributed by atoms with Crippen molar-refractivity contribution in [3.63, 3.8) is 0 Å². The van der Waals surface area contributed by atoms with E-state index in [0.29, 0.717) is 22.9 Å². The Hall–Kier alpha value is -1.28. The molecule has 1 unspecified atom stereocenters. The highest BCUT2D eigenvalue weighted by molar-refractivity contribution is 6.31. The molecule has 102 valence electrons. The Morgan fingerprint density at radius 3 is 3.11 bits per heavy atom. The molecule has 1 heterocycles. The van der Waals surface area contributed by atoms with Crippen molar-refractivity contribution >= 4 is 11.6 Å². The van der Waals surface area contributed by atoms with Gasteiger partial charge in [0.2, 0.25) is 0 Å². The van der Waals surface area contributed by atoms with Gasteiger partial charge in [0.1, 0.15) is 24.5 Å². The lowest BCUT2D eigenvalue weighted by molar-refractivity contribution is -0.0464. The van der Waals surface area contributed by atoms with Crippen molar-refractivity contribution in [2.75, 3.05) is 32.8 Å². The molecule has 0 radical (unpaired) electrons. The molecule has 1 aliphatic heterocycles. The summed E-state index contributed by atoms with van der Waals surface area (Å²) in [7, 11) is 0. The minimum Gasteiger partial charge on any atom is -0.491 e. The third-order valence-electron chi connectivity index (χ3n) is 3.17. The Labute approximate surface area is 118 Å². The van der Waals surface area contributed by atoms with Gasteiger partial charge < -0.3 is 9.47 Å². The standard InChI is InChI=1S/C14H17ClN2O2/c1-2-17-5-6-18-13(9-17)10-19-12-4-3-11(8-16)14(15)7-12/h3-4,7,13H,2,5-6,9-10H2,1H3. The molecule has 5 heteroatoms. The SMILES string of the molecule is CCN1CCOC(COc2ccc(C#N)c(Cl)c2)C1. The van der Waals surface area contributed by atoms with Gasteiger partial charge in [-0.05, 0) is 18.7 Å². The van der Waals surface area contributed by atoms with Crippen LogP contribution in [0.1, 0.15) is 12.5 Å².